The van der Waals surface area contributed by atoms with Crippen LogP contribution in [-0.2, 0) is 25.4 Å². The third kappa shape index (κ3) is 7.46. The van der Waals surface area contributed by atoms with Gasteiger partial charge < -0.3 is 44.7 Å². The smallest absolute Gasteiger partial charge is 0.328 e. The van der Waals surface area contributed by atoms with E-state index in [1.807, 2.05) is 42.5 Å². The van der Waals surface area contributed by atoms with E-state index >= 15 is 0 Å². The summed E-state index contributed by atoms with van der Waals surface area (Å²) in [7, 11) is 3.48. The molecule has 0 spiro atoms. The predicted molar refractivity (Wildman–Crippen MR) is 129 cm³/mol. The van der Waals surface area contributed by atoms with Crippen LogP contribution in [0.2, 0.25) is 0 Å². The highest BCUT2D eigenvalue weighted by atomic mass is 35.5. The molecule has 1 fully saturated rings. The van der Waals surface area contributed by atoms with Crippen LogP contribution in [0.25, 0.3) is 11.0 Å². The van der Waals surface area contributed by atoms with Crippen LogP contribution in [0, 0.1) is 0 Å². The van der Waals surface area contributed by atoms with Gasteiger partial charge in [0.05, 0.1) is 24.2 Å². The van der Waals surface area contributed by atoms with E-state index in [0.717, 1.165) is 74.7 Å². The van der Waals surface area contributed by atoms with Crippen LogP contribution in [0.1, 0.15) is 23.7 Å². The summed E-state index contributed by atoms with van der Waals surface area (Å²) in [5, 5.41) is 14.1. The SMILES string of the molecule is Cn1c(=O)n(C)c2cc(C(O)COc3ccc(CNCCCN4CCOCC4)cc3)ccc21.[Cl-].[Cl-]. The summed E-state index contributed by atoms with van der Waals surface area (Å²) in [4.78, 5) is 14.5. The fourth-order valence-corrected chi connectivity index (χ4v) is 4.19. The Balaban J connectivity index is 0.00000216. The van der Waals surface area contributed by atoms with Crippen LogP contribution in [0.5, 0.6) is 5.75 Å². The minimum absolute atomic E-state index is 0. The van der Waals surface area contributed by atoms with Gasteiger partial charge >= 0.3 is 5.69 Å². The van der Waals surface area contributed by atoms with Crippen molar-refractivity contribution in [2.75, 3.05) is 46.0 Å². The highest BCUT2D eigenvalue weighted by Gasteiger charge is 2.13. The second-order valence-corrected chi connectivity index (χ2v) is 8.60. The van der Waals surface area contributed by atoms with Gasteiger partial charge in [0.1, 0.15) is 18.5 Å². The molecule has 3 aromatic rings. The van der Waals surface area contributed by atoms with Crippen LogP contribution in [0.3, 0.4) is 0 Å². The number of halogens is 2. The van der Waals surface area contributed by atoms with Crippen LogP contribution < -0.4 is 40.6 Å². The van der Waals surface area contributed by atoms with Crippen molar-refractivity contribution in [3.8, 4) is 5.75 Å². The number of aryl methyl sites for hydroxylation is 2. The summed E-state index contributed by atoms with van der Waals surface area (Å²) in [6, 6.07) is 13.5. The molecule has 4 rings (SSSR count). The number of aliphatic hydroxyl groups excluding tert-OH is 1. The summed E-state index contributed by atoms with van der Waals surface area (Å²) >= 11 is 0. The first-order valence-corrected chi connectivity index (χ1v) is 11.6. The average molecular weight is 525 g/mol. The number of nitrogens with zero attached hydrogens (tertiary/aromatic N) is 3. The summed E-state index contributed by atoms with van der Waals surface area (Å²) in [5.74, 6) is 0.721. The van der Waals surface area contributed by atoms with Gasteiger partial charge in [0.2, 0.25) is 0 Å². The lowest BCUT2D eigenvalue weighted by molar-refractivity contribution is -0.00100. The number of benzene rings is 2. The van der Waals surface area contributed by atoms with Gasteiger partial charge in [-0.05, 0) is 54.9 Å². The number of hydrogen-bond donors (Lipinski definition) is 2. The summed E-state index contributed by atoms with van der Waals surface area (Å²) < 4.78 is 14.4. The Kier molecular flexibility index (Phi) is 11.6. The Hall–Kier alpha value is -2.07. The molecule has 1 aromatic heterocycles. The fraction of sp³-hybridized carbons (Fsp3) is 0.480. The highest BCUT2D eigenvalue weighted by Crippen LogP contribution is 2.21. The number of morpholine rings is 1. The summed E-state index contributed by atoms with van der Waals surface area (Å²) in [6.07, 6.45) is 0.347. The van der Waals surface area contributed by atoms with Crippen molar-refractivity contribution < 1.29 is 39.4 Å². The lowest BCUT2D eigenvalue weighted by Gasteiger charge is -2.26. The minimum atomic E-state index is -0.780. The number of hydrogen-bond acceptors (Lipinski definition) is 6. The van der Waals surface area contributed by atoms with Crippen molar-refractivity contribution in [3.05, 3.63) is 64.1 Å². The van der Waals surface area contributed by atoms with Gasteiger partial charge in [-0.1, -0.05) is 18.2 Å². The normalized spacial score (nSPS) is 14.8. The Morgan fingerprint density at radius 1 is 1.03 bits per heavy atom. The third-order valence-electron chi connectivity index (χ3n) is 6.27. The number of aromatic nitrogens is 2. The molecule has 0 saturated carbocycles. The molecule has 1 aliphatic rings. The lowest BCUT2D eigenvalue weighted by Crippen LogP contribution is -3.00. The van der Waals surface area contributed by atoms with Crippen molar-refractivity contribution in [1.82, 2.24) is 19.4 Å². The maximum atomic E-state index is 12.1. The number of fused-ring (bicyclic) bond motifs is 1. The Morgan fingerprint density at radius 3 is 2.43 bits per heavy atom. The van der Waals surface area contributed by atoms with E-state index in [9.17, 15) is 9.90 Å². The molecule has 35 heavy (non-hydrogen) atoms. The van der Waals surface area contributed by atoms with E-state index in [1.165, 1.54) is 5.56 Å². The van der Waals surface area contributed by atoms with Gasteiger partial charge in [-0.2, -0.15) is 0 Å². The molecule has 0 aliphatic carbocycles. The van der Waals surface area contributed by atoms with Crippen LogP contribution in [-0.4, -0.2) is 65.1 Å². The number of imidazole rings is 1. The van der Waals surface area contributed by atoms with Gasteiger partial charge in [-0.15, -0.1) is 0 Å². The zero-order valence-corrected chi connectivity index (χ0v) is 21.8. The molecule has 0 radical (unpaired) electrons. The first-order valence-electron chi connectivity index (χ1n) is 11.6. The number of aliphatic hydroxyl groups is 1. The lowest BCUT2D eigenvalue weighted by atomic mass is 10.1. The summed E-state index contributed by atoms with van der Waals surface area (Å²) in [6.45, 7) is 6.84. The number of nitrogens with one attached hydrogen (secondary N) is 1. The molecular weight excluding hydrogens is 491 g/mol. The minimum Gasteiger partial charge on any atom is -1.00 e. The quantitative estimate of drug-likeness (QED) is 0.262. The van der Waals surface area contributed by atoms with Crippen LogP contribution in [0.15, 0.2) is 47.3 Å². The molecule has 1 atom stereocenters. The van der Waals surface area contributed by atoms with Crippen molar-refractivity contribution in [1.29, 1.82) is 0 Å². The molecule has 0 amide bonds. The van der Waals surface area contributed by atoms with Gasteiger partial charge in [0.15, 0.2) is 0 Å². The van der Waals surface area contributed by atoms with Crippen LogP contribution in [0.4, 0.5) is 0 Å². The highest BCUT2D eigenvalue weighted by molar-refractivity contribution is 5.76. The molecule has 10 heteroatoms. The Morgan fingerprint density at radius 2 is 1.71 bits per heavy atom. The molecule has 1 aliphatic heterocycles. The molecule has 0 bridgehead atoms. The summed E-state index contributed by atoms with van der Waals surface area (Å²) in [5.41, 5.74) is 3.47. The van der Waals surface area contributed by atoms with E-state index in [2.05, 4.69) is 10.2 Å². The first kappa shape index (κ1) is 29.2. The Labute approximate surface area is 218 Å². The molecule has 2 N–H and O–H groups in total. The zero-order chi connectivity index (χ0) is 23.2. The van der Waals surface area contributed by atoms with Gasteiger partial charge in [-0.25, -0.2) is 4.79 Å². The zero-order valence-electron chi connectivity index (χ0n) is 20.3. The Bertz CT molecular complexity index is 1110. The van der Waals surface area contributed by atoms with Crippen molar-refractivity contribution in [2.24, 2.45) is 14.1 Å². The van der Waals surface area contributed by atoms with Crippen molar-refractivity contribution >= 4 is 11.0 Å². The molecule has 194 valence electrons. The maximum Gasteiger partial charge on any atom is 0.328 e. The first-order chi connectivity index (χ1) is 16.0. The molecule has 1 saturated heterocycles. The number of ether oxygens (including phenoxy) is 2. The third-order valence-corrected chi connectivity index (χ3v) is 6.27. The van der Waals surface area contributed by atoms with Crippen molar-refractivity contribution in [2.45, 2.75) is 19.1 Å². The van der Waals surface area contributed by atoms with E-state index in [-0.39, 0.29) is 37.1 Å². The van der Waals surface area contributed by atoms with Gasteiger partial charge in [0, 0.05) is 33.7 Å². The van der Waals surface area contributed by atoms with E-state index < -0.39 is 6.10 Å². The van der Waals surface area contributed by atoms with E-state index in [4.69, 9.17) is 9.47 Å². The second-order valence-electron chi connectivity index (χ2n) is 8.60. The van der Waals surface area contributed by atoms with Crippen molar-refractivity contribution in [3.63, 3.8) is 0 Å². The van der Waals surface area contributed by atoms with E-state index in [0.29, 0.717) is 0 Å². The topological polar surface area (TPSA) is 80.9 Å². The molecular formula is C25H34Cl2N4O4-2. The average Bonchev–Trinajstić information content (AvgIpc) is 3.07. The van der Waals surface area contributed by atoms with Crippen LogP contribution >= 0.6 is 0 Å². The largest absolute Gasteiger partial charge is 1.00 e. The monoisotopic (exact) mass is 524 g/mol. The molecule has 2 aromatic carbocycles. The molecule has 2 heterocycles. The second kappa shape index (κ2) is 13.9. The fourth-order valence-electron chi connectivity index (χ4n) is 4.19. The molecule has 1 unspecified atom stereocenters. The van der Waals surface area contributed by atoms with Gasteiger partial charge in [0.25, 0.3) is 0 Å². The standard InChI is InChI=1S/C25H34N4O4.2ClH/c1-27-22-9-6-20(16-23(22)28(2)25(27)31)24(30)18-33-21-7-4-19(5-8-21)17-26-10-3-11-29-12-14-32-15-13-29;;/h4-9,16,24,26,30H,3,10-15,17-18H2,1-2H3;2*1H/p-2. The number of rotatable bonds is 10. The maximum absolute atomic E-state index is 12.1. The predicted octanol–water partition coefficient (Wildman–Crippen LogP) is -4.19. The van der Waals surface area contributed by atoms with Gasteiger partial charge in [-0.3, -0.25) is 14.0 Å². The molecule has 8 nitrogen and oxygen atoms in total. The van der Waals surface area contributed by atoms with E-state index in [1.54, 1.807) is 23.2 Å².